The van der Waals surface area contributed by atoms with Crippen LogP contribution in [0.3, 0.4) is 0 Å². The summed E-state index contributed by atoms with van der Waals surface area (Å²) in [6.07, 6.45) is 16.5. The van der Waals surface area contributed by atoms with Crippen LogP contribution in [-0.2, 0) is 6.42 Å². The van der Waals surface area contributed by atoms with Gasteiger partial charge in [0.1, 0.15) is 23.1 Å². The summed E-state index contributed by atoms with van der Waals surface area (Å²) >= 11 is 1.78. The maximum absolute atomic E-state index is 5.75. The van der Waals surface area contributed by atoms with Crippen molar-refractivity contribution < 1.29 is 9.15 Å². The molecule has 2 aromatic carbocycles. The number of hydrogen-bond donors (Lipinski definition) is 0. The molecule has 2 aromatic heterocycles. The topological polar surface area (TPSA) is 47.6 Å². The van der Waals surface area contributed by atoms with Crippen molar-refractivity contribution in [2.75, 3.05) is 6.61 Å². The van der Waals surface area contributed by atoms with Gasteiger partial charge in [0.25, 0.3) is 0 Å². The number of nitrogens with zero attached hydrogens (tertiary/aromatic N) is 2. The van der Waals surface area contributed by atoms with Gasteiger partial charge in [0.2, 0.25) is 0 Å². The molecule has 0 N–H and O–H groups in total. The van der Waals surface area contributed by atoms with E-state index in [1.165, 1.54) is 32.7 Å². The fraction of sp³-hybridized carbons (Fsp3) is 0.176. The summed E-state index contributed by atoms with van der Waals surface area (Å²) in [5.41, 5.74) is 8.31. The van der Waals surface area contributed by atoms with Crippen LogP contribution in [0.4, 0.5) is 0 Å². The second-order valence-corrected chi connectivity index (χ2v) is 10.7. The van der Waals surface area contributed by atoms with E-state index in [1.807, 2.05) is 44.3 Å². The number of allylic oxidation sites excluding steroid dienone is 7. The minimum Gasteiger partial charge on any atom is -0.492 e. The fourth-order valence-corrected chi connectivity index (χ4v) is 6.16. The van der Waals surface area contributed by atoms with E-state index in [2.05, 4.69) is 71.8 Å². The predicted molar refractivity (Wildman–Crippen MR) is 160 cm³/mol. The van der Waals surface area contributed by atoms with Crippen molar-refractivity contribution in [2.24, 2.45) is 4.99 Å². The third-order valence-electron chi connectivity index (χ3n) is 7.13. The van der Waals surface area contributed by atoms with Gasteiger partial charge in [0, 0.05) is 27.8 Å². The lowest BCUT2D eigenvalue weighted by molar-refractivity contribution is 0.344. The Morgan fingerprint density at radius 2 is 1.92 bits per heavy atom. The Balaban J connectivity index is 0.000000142. The number of furan rings is 1. The van der Waals surface area contributed by atoms with Gasteiger partial charge >= 0.3 is 0 Å². The highest BCUT2D eigenvalue weighted by atomic mass is 32.1. The Hall–Kier alpha value is -4.22. The van der Waals surface area contributed by atoms with Gasteiger partial charge in [-0.2, -0.15) is 0 Å². The summed E-state index contributed by atoms with van der Waals surface area (Å²) in [5, 5.41) is 1.12. The number of aliphatic imine (C=N–C) groups is 1. The fourth-order valence-electron chi connectivity index (χ4n) is 5.12. The van der Waals surface area contributed by atoms with Crippen molar-refractivity contribution in [1.29, 1.82) is 0 Å². The molecule has 7 rings (SSSR count). The highest BCUT2D eigenvalue weighted by Gasteiger charge is 2.27. The number of hydrogen-bond acceptors (Lipinski definition) is 5. The van der Waals surface area contributed by atoms with Gasteiger partial charge in [-0.05, 0) is 56.0 Å². The largest absolute Gasteiger partial charge is 0.492 e. The Kier molecular flexibility index (Phi) is 7.24. The second-order valence-electron chi connectivity index (χ2n) is 9.59. The van der Waals surface area contributed by atoms with E-state index in [4.69, 9.17) is 14.1 Å². The first-order valence-electron chi connectivity index (χ1n) is 13.3. The van der Waals surface area contributed by atoms with Crippen LogP contribution in [0.25, 0.3) is 11.1 Å². The van der Waals surface area contributed by atoms with E-state index in [1.54, 1.807) is 17.6 Å². The molecule has 1 aliphatic heterocycles. The third-order valence-corrected chi connectivity index (χ3v) is 8.29. The van der Waals surface area contributed by atoms with E-state index < -0.39 is 0 Å². The zero-order chi connectivity index (χ0) is 26.6. The van der Waals surface area contributed by atoms with Gasteiger partial charge in [0.15, 0.2) is 0 Å². The highest BCUT2D eigenvalue weighted by molar-refractivity contribution is 7.12. The minimum absolute atomic E-state index is 0.341. The summed E-state index contributed by atoms with van der Waals surface area (Å²) in [4.78, 5) is 10.6. The molecule has 0 spiro atoms. The SMILES string of the molecule is C/C=C(\N=C(C)c1ccco1)C1=CCc2ccccc21.C1=CC(c2ncc(C3COc4ccccc43)s2)=CC1. The lowest BCUT2D eigenvalue weighted by Gasteiger charge is -2.07. The molecule has 0 amide bonds. The molecule has 4 nitrogen and oxygen atoms in total. The van der Waals surface area contributed by atoms with E-state index in [0.29, 0.717) is 5.92 Å². The molecule has 2 aliphatic carbocycles. The van der Waals surface area contributed by atoms with Crippen LogP contribution in [0, 0.1) is 0 Å². The molecule has 0 radical (unpaired) electrons. The van der Waals surface area contributed by atoms with Crippen molar-refractivity contribution in [3.8, 4) is 5.75 Å². The Morgan fingerprint density at radius 1 is 1.05 bits per heavy atom. The molecule has 0 saturated heterocycles. The second kappa shape index (κ2) is 11.3. The number of ether oxygens (including phenoxy) is 1. The standard InChI is InChI=1S/C18H17NO.C16H13NOS/c1-3-17(19-13(2)18-9-6-12-20-18)16-11-10-14-7-4-5-8-15(14)16;1-2-6-11(5-1)16-17-9-15(19-16)13-10-18-14-8-4-3-7-12(13)14/h3-9,11-12H,10H2,1-2H3;1,3-9,13H,2,10H2/b17-3-,19-13?;. The van der Waals surface area contributed by atoms with Crippen LogP contribution in [0.5, 0.6) is 5.75 Å². The lowest BCUT2D eigenvalue weighted by Crippen LogP contribution is -1.99. The molecule has 0 fully saturated rings. The smallest absolute Gasteiger partial charge is 0.147 e. The maximum atomic E-state index is 5.75. The number of fused-ring (bicyclic) bond motifs is 2. The van der Waals surface area contributed by atoms with Gasteiger partial charge in [-0.25, -0.2) is 9.98 Å². The van der Waals surface area contributed by atoms with E-state index >= 15 is 0 Å². The van der Waals surface area contributed by atoms with Crippen LogP contribution in [0.2, 0.25) is 0 Å². The Bertz CT molecular complexity index is 1630. The quantitative estimate of drug-likeness (QED) is 0.243. The van der Waals surface area contributed by atoms with Crippen molar-refractivity contribution in [2.45, 2.75) is 32.6 Å². The molecule has 3 heterocycles. The predicted octanol–water partition coefficient (Wildman–Crippen LogP) is 8.64. The summed E-state index contributed by atoms with van der Waals surface area (Å²) in [5.74, 6) is 2.17. The van der Waals surface area contributed by atoms with Gasteiger partial charge < -0.3 is 9.15 Å². The molecule has 3 aliphatic rings. The average molecular weight is 531 g/mol. The van der Waals surface area contributed by atoms with Crippen molar-refractivity contribution in [3.63, 3.8) is 0 Å². The van der Waals surface area contributed by atoms with Gasteiger partial charge in [-0.3, -0.25) is 0 Å². The summed E-state index contributed by atoms with van der Waals surface area (Å²) < 4.78 is 11.1. The molecule has 0 saturated carbocycles. The van der Waals surface area contributed by atoms with Crippen molar-refractivity contribution in [1.82, 2.24) is 4.98 Å². The van der Waals surface area contributed by atoms with E-state index in [-0.39, 0.29) is 0 Å². The molecular weight excluding hydrogens is 500 g/mol. The van der Waals surface area contributed by atoms with Crippen molar-refractivity contribution >= 4 is 28.2 Å². The number of rotatable bonds is 5. The number of para-hydroxylation sites is 1. The Labute approximate surface area is 233 Å². The molecular formula is C34H30N2O2S. The number of thiazole rings is 1. The molecule has 39 heavy (non-hydrogen) atoms. The van der Waals surface area contributed by atoms with E-state index in [9.17, 15) is 0 Å². The number of aromatic nitrogens is 1. The average Bonchev–Trinajstić information content (AvgIpc) is 3.81. The van der Waals surface area contributed by atoms with Crippen LogP contribution in [-0.4, -0.2) is 17.3 Å². The van der Waals surface area contributed by atoms with Crippen LogP contribution >= 0.6 is 11.3 Å². The first kappa shape index (κ1) is 25.1. The maximum Gasteiger partial charge on any atom is 0.147 e. The minimum atomic E-state index is 0.341. The van der Waals surface area contributed by atoms with Crippen LogP contribution in [0.15, 0.2) is 119 Å². The molecule has 1 unspecified atom stereocenters. The van der Waals surface area contributed by atoms with Gasteiger partial charge in [-0.15, -0.1) is 11.3 Å². The summed E-state index contributed by atoms with van der Waals surface area (Å²) in [6, 6.07) is 20.6. The van der Waals surface area contributed by atoms with Crippen LogP contribution in [0.1, 0.15) is 58.5 Å². The first-order valence-corrected chi connectivity index (χ1v) is 14.1. The molecule has 0 bridgehead atoms. The Morgan fingerprint density at radius 3 is 2.74 bits per heavy atom. The monoisotopic (exact) mass is 530 g/mol. The van der Waals surface area contributed by atoms with Gasteiger partial charge in [-0.1, -0.05) is 72.8 Å². The van der Waals surface area contributed by atoms with Crippen molar-refractivity contribution in [3.05, 3.63) is 142 Å². The van der Waals surface area contributed by atoms with Crippen LogP contribution < -0.4 is 4.74 Å². The molecule has 1 atom stereocenters. The molecule has 194 valence electrons. The van der Waals surface area contributed by atoms with E-state index in [0.717, 1.165) is 47.4 Å². The highest BCUT2D eigenvalue weighted by Crippen LogP contribution is 2.41. The molecule has 5 heteroatoms. The third kappa shape index (κ3) is 5.23. The summed E-state index contributed by atoms with van der Waals surface area (Å²) in [6.45, 7) is 4.73. The number of benzene rings is 2. The zero-order valence-electron chi connectivity index (χ0n) is 22.1. The first-order chi connectivity index (χ1) is 19.2. The normalized spacial score (nSPS) is 17.6. The summed E-state index contributed by atoms with van der Waals surface area (Å²) in [7, 11) is 0. The lowest BCUT2D eigenvalue weighted by atomic mass is 10.0. The molecule has 4 aromatic rings. The van der Waals surface area contributed by atoms with Gasteiger partial charge in [0.05, 0.1) is 23.6 Å². The zero-order valence-corrected chi connectivity index (χ0v) is 22.9.